The zero-order valence-corrected chi connectivity index (χ0v) is 19.8. The van der Waals surface area contributed by atoms with Crippen LogP contribution in [-0.2, 0) is 17.6 Å². The molecule has 2 aromatic carbocycles. The summed E-state index contributed by atoms with van der Waals surface area (Å²) in [4.78, 5) is 5.44. The predicted molar refractivity (Wildman–Crippen MR) is 128 cm³/mol. The Morgan fingerprint density at radius 2 is 1.71 bits per heavy atom. The van der Waals surface area contributed by atoms with E-state index in [4.69, 9.17) is 4.84 Å². The van der Waals surface area contributed by atoms with Crippen LogP contribution in [0.25, 0.3) is 0 Å². The van der Waals surface area contributed by atoms with Gasteiger partial charge in [-0.2, -0.15) is 13.2 Å². The molecule has 2 aromatic rings. The van der Waals surface area contributed by atoms with Crippen molar-refractivity contribution < 1.29 is 23.1 Å². The molecule has 0 aromatic heterocycles. The zero-order chi connectivity index (χ0) is 24.1. The number of halogens is 3. The molecule has 0 bridgehead atoms. The Hall–Kier alpha value is -2.34. The fraction of sp³-hybridized carbons (Fsp3) is 0.536. The number of rotatable bonds is 7. The molecular formula is C28H34F3NO2. The zero-order valence-electron chi connectivity index (χ0n) is 19.8. The molecule has 2 aliphatic rings. The van der Waals surface area contributed by atoms with Gasteiger partial charge in [0.1, 0.15) is 6.61 Å². The van der Waals surface area contributed by atoms with Crippen LogP contribution in [0.2, 0.25) is 0 Å². The van der Waals surface area contributed by atoms with Crippen molar-refractivity contribution in [3.63, 3.8) is 0 Å². The lowest BCUT2D eigenvalue weighted by Gasteiger charge is -2.25. The van der Waals surface area contributed by atoms with Crippen LogP contribution in [0.1, 0.15) is 97.9 Å². The normalized spacial score (nSPS) is 22.2. The van der Waals surface area contributed by atoms with E-state index in [1.54, 1.807) is 12.1 Å². The molecule has 2 atom stereocenters. The van der Waals surface area contributed by atoms with Crippen molar-refractivity contribution >= 4 is 5.71 Å². The molecule has 184 valence electrons. The highest BCUT2D eigenvalue weighted by Crippen LogP contribution is 2.41. The monoisotopic (exact) mass is 473 g/mol. The van der Waals surface area contributed by atoms with E-state index in [0.717, 1.165) is 56.9 Å². The van der Waals surface area contributed by atoms with Gasteiger partial charge in [0, 0.05) is 6.61 Å². The Balaban J connectivity index is 1.39. The van der Waals surface area contributed by atoms with Crippen LogP contribution in [0.3, 0.4) is 0 Å². The van der Waals surface area contributed by atoms with Crippen molar-refractivity contribution in [1.29, 1.82) is 0 Å². The van der Waals surface area contributed by atoms with Crippen molar-refractivity contribution in [2.75, 3.05) is 6.61 Å². The van der Waals surface area contributed by atoms with Gasteiger partial charge >= 0.3 is 6.18 Å². The summed E-state index contributed by atoms with van der Waals surface area (Å²) in [7, 11) is 0. The second-order valence-electron chi connectivity index (χ2n) is 9.89. The van der Waals surface area contributed by atoms with Gasteiger partial charge in [-0.05, 0) is 85.1 Å². The molecule has 2 saturated carbocycles. The smallest absolute Gasteiger partial charge is 0.396 e. The summed E-state index contributed by atoms with van der Waals surface area (Å²) in [6.07, 6.45) is 3.54. The maximum atomic E-state index is 13.8. The lowest BCUT2D eigenvalue weighted by Crippen LogP contribution is -2.15. The van der Waals surface area contributed by atoms with E-state index >= 15 is 0 Å². The van der Waals surface area contributed by atoms with E-state index in [9.17, 15) is 18.3 Å². The van der Waals surface area contributed by atoms with E-state index in [1.807, 2.05) is 19.1 Å². The first-order valence-electron chi connectivity index (χ1n) is 12.4. The van der Waals surface area contributed by atoms with E-state index in [-0.39, 0.29) is 19.1 Å². The molecule has 1 N–H and O–H groups in total. The van der Waals surface area contributed by atoms with Crippen molar-refractivity contribution in [3.8, 4) is 0 Å². The number of aliphatic hydroxyl groups is 1. The lowest BCUT2D eigenvalue weighted by atomic mass is 9.81. The highest BCUT2D eigenvalue weighted by molar-refractivity contribution is 5.98. The first kappa shape index (κ1) is 24.8. The molecule has 4 rings (SSSR count). The standard InChI is InChI=1S/C28H34F3NO2/c1-19(22-10-12-23(13-11-22)25-9-7-20(15-25)17-33)32-34-18-21-8-14-26(24-5-3-2-4-6-24)27(16-21)28(29,30)31/h8,10-14,16,20,24-25,33H,2-7,9,15,17-18H2,1H3/b32-19+/t20-,25+/m0/s1. The average molecular weight is 474 g/mol. The fourth-order valence-electron chi connectivity index (χ4n) is 5.50. The summed E-state index contributed by atoms with van der Waals surface area (Å²) in [5.74, 6) is 0.873. The molecule has 2 aliphatic carbocycles. The predicted octanol–water partition coefficient (Wildman–Crippen LogP) is 7.57. The molecule has 34 heavy (non-hydrogen) atoms. The Morgan fingerprint density at radius 3 is 2.35 bits per heavy atom. The minimum Gasteiger partial charge on any atom is -0.396 e. The average Bonchev–Trinajstić information content (AvgIpc) is 3.33. The second kappa shape index (κ2) is 10.9. The molecule has 0 radical (unpaired) electrons. The molecule has 0 amide bonds. The summed E-state index contributed by atoms with van der Waals surface area (Å²) < 4.78 is 41.3. The van der Waals surface area contributed by atoms with Crippen LogP contribution in [0.5, 0.6) is 0 Å². The SMILES string of the molecule is C/C(=N\OCc1ccc(C2CCCCC2)c(C(F)(F)F)c1)c1ccc([C@@H]2CC[C@H](CO)C2)cc1. The van der Waals surface area contributed by atoms with E-state index < -0.39 is 11.7 Å². The first-order chi connectivity index (χ1) is 16.3. The number of oxime groups is 1. The maximum absolute atomic E-state index is 13.8. The number of nitrogens with zero attached hydrogens (tertiary/aromatic N) is 1. The lowest BCUT2D eigenvalue weighted by molar-refractivity contribution is -0.138. The summed E-state index contributed by atoms with van der Waals surface area (Å²) in [6.45, 7) is 2.08. The third kappa shape index (κ3) is 6.01. The van der Waals surface area contributed by atoms with Crippen molar-refractivity contribution in [3.05, 3.63) is 70.3 Å². The quantitative estimate of drug-likeness (QED) is 0.333. The van der Waals surface area contributed by atoms with Crippen LogP contribution in [0.4, 0.5) is 13.2 Å². The van der Waals surface area contributed by atoms with Gasteiger partial charge < -0.3 is 9.94 Å². The third-order valence-corrected chi connectivity index (χ3v) is 7.50. The number of aliphatic hydroxyl groups excluding tert-OH is 1. The fourth-order valence-corrected chi connectivity index (χ4v) is 5.50. The molecule has 0 heterocycles. The number of alkyl halides is 3. The van der Waals surface area contributed by atoms with Gasteiger partial charge in [-0.3, -0.25) is 0 Å². The van der Waals surface area contributed by atoms with Crippen molar-refractivity contribution in [2.45, 2.75) is 82.9 Å². The molecule has 6 heteroatoms. The highest BCUT2D eigenvalue weighted by Gasteiger charge is 2.35. The molecular weight excluding hydrogens is 439 g/mol. The second-order valence-corrected chi connectivity index (χ2v) is 9.89. The minimum absolute atomic E-state index is 0.00588. The van der Waals surface area contributed by atoms with Crippen LogP contribution in [0.15, 0.2) is 47.6 Å². The number of hydrogen-bond acceptors (Lipinski definition) is 3. The van der Waals surface area contributed by atoms with Gasteiger partial charge in [0.15, 0.2) is 0 Å². The van der Waals surface area contributed by atoms with E-state index in [0.29, 0.717) is 28.7 Å². The third-order valence-electron chi connectivity index (χ3n) is 7.50. The van der Waals surface area contributed by atoms with Gasteiger partial charge in [-0.1, -0.05) is 60.8 Å². The van der Waals surface area contributed by atoms with E-state index in [1.165, 1.54) is 11.6 Å². The van der Waals surface area contributed by atoms with Gasteiger partial charge in [-0.15, -0.1) is 0 Å². The van der Waals surface area contributed by atoms with Gasteiger partial charge in [0.05, 0.1) is 11.3 Å². The summed E-state index contributed by atoms with van der Waals surface area (Å²) in [5.41, 5.74) is 3.23. The van der Waals surface area contributed by atoms with E-state index in [2.05, 4.69) is 17.3 Å². The topological polar surface area (TPSA) is 41.8 Å². The number of benzene rings is 2. The summed E-state index contributed by atoms with van der Waals surface area (Å²) in [5, 5.41) is 13.5. The Kier molecular flexibility index (Phi) is 7.97. The Bertz CT molecular complexity index is 978. The van der Waals surface area contributed by atoms with Crippen LogP contribution >= 0.6 is 0 Å². The molecule has 2 fully saturated rings. The minimum atomic E-state index is -4.37. The van der Waals surface area contributed by atoms with Crippen molar-refractivity contribution in [1.82, 2.24) is 0 Å². The van der Waals surface area contributed by atoms with Crippen molar-refractivity contribution in [2.24, 2.45) is 11.1 Å². The van der Waals surface area contributed by atoms with Crippen LogP contribution in [0, 0.1) is 5.92 Å². The van der Waals surface area contributed by atoms with Crippen LogP contribution < -0.4 is 0 Å². The molecule has 0 saturated heterocycles. The molecule has 0 aliphatic heterocycles. The largest absolute Gasteiger partial charge is 0.416 e. The summed E-state index contributed by atoms with van der Waals surface area (Å²) >= 11 is 0. The van der Waals surface area contributed by atoms with Gasteiger partial charge in [-0.25, -0.2) is 0 Å². The van der Waals surface area contributed by atoms with Gasteiger partial charge in [0.2, 0.25) is 0 Å². The van der Waals surface area contributed by atoms with Gasteiger partial charge in [0.25, 0.3) is 0 Å². The highest BCUT2D eigenvalue weighted by atomic mass is 19.4. The first-order valence-corrected chi connectivity index (χ1v) is 12.4. The maximum Gasteiger partial charge on any atom is 0.416 e. The Labute approximate surface area is 200 Å². The molecule has 3 nitrogen and oxygen atoms in total. The Morgan fingerprint density at radius 1 is 0.971 bits per heavy atom. The molecule has 0 unspecified atom stereocenters. The summed E-state index contributed by atoms with van der Waals surface area (Å²) in [6, 6.07) is 12.8. The molecule has 0 spiro atoms. The number of hydrogen-bond donors (Lipinski definition) is 1. The van der Waals surface area contributed by atoms with Crippen LogP contribution in [-0.4, -0.2) is 17.4 Å².